The molecule has 1 amide bonds. The fourth-order valence-corrected chi connectivity index (χ4v) is 3.13. The van der Waals surface area contributed by atoms with Gasteiger partial charge in [-0.2, -0.15) is 0 Å². The second-order valence-corrected chi connectivity index (χ2v) is 6.22. The zero-order valence-electron chi connectivity index (χ0n) is 11.8. The van der Waals surface area contributed by atoms with Crippen LogP contribution in [0.25, 0.3) is 0 Å². The highest BCUT2D eigenvalue weighted by atomic mass is 16.5. The minimum absolute atomic E-state index is 0.137. The maximum absolute atomic E-state index is 12.0. The molecular weight excluding hydrogens is 260 g/mol. The molecule has 6 heteroatoms. The molecule has 1 saturated carbocycles. The van der Waals surface area contributed by atoms with Gasteiger partial charge in [0.15, 0.2) is 0 Å². The van der Waals surface area contributed by atoms with E-state index in [9.17, 15) is 14.7 Å². The number of carbonyl (C=O) groups excluding carboxylic acids is 1. The number of carbonyl (C=O) groups is 2. The van der Waals surface area contributed by atoms with Gasteiger partial charge in [0, 0.05) is 31.7 Å². The summed E-state index contributed by atoms with van der Waals surface area (Å²) in [5, 5.41) is 12.2. The van der Waals surface area contributed by atoms with E-state index in [0.29, 0.717) is 32.5 Å². The minimum Gasteiger partial charge on any atom is -0.481 e. The third-order valence-corrected chi connectivity index (χ3v) is 4.64. The standard InChI is InChI=1S/C14H24N2O4/c15-14(3-1-2-4-14)9-11(17)16-10-13(12(18)19)5-7-20-8-6-13/h1-10,15H2,(H,16,17)(H,18,19). The molecule has 1 aliphatic heterocycles. The average molecular weight is 284 g/mol. The van der Waals surface area contributed by atoms with Gasteiger partial charge in [-0.25, -0.2) is 0 Å². The Balaban J connectivity index is 1.86. The summed E-state index contributed by atoms with van der Waals surface area (Å²) in [6, 6.07) is 0. The third kappa shape index (κ3) is 3.49. The smallest absolute Gasteiger partial charge is 0.311 e. The van der Waals surface area contributed by atoms with Crippen molar-refractivity contribution in [1.82, 2.24) is 5.32 Å². The molecule has 0 unspecified atom stereocenters. The van der Waals surface area contributed by atoms with E-state index in [1.54, 1.807) is 0 Å². The number of hydrogen-bond donors (Lipinski definition) is 3. The summed E-state index contributed by atoms with van der Waals surface area (Å²) < 4.78 is 5.21. The number of amides is 1. The van der Waals surface area contributed by atoms with Crippen LogP contribution in [0, 0.1) is 5.41 Å². The zero-order chi connectivity index (χ0) is 14.6. The summed E-state index contributed by atoms with van der Waals surface area (Å²) in [4.78, 5) is 23.5. The first kappa shape index (κ1) is 15.3. The predicted molar refractivity (Wildman–Crippen MR) is 73.1 cm³/mol. The fourth-order valence-electron chi connectivity index (χ4n) is 3.13. The Labute approximate surface area is 119 Å². The van der Waals surface area contributed by atoms with Gasteiger partial charge < -0.3 is 20.9 Å². The highest BCUT2D eigenvalue weighted by Gasteiger charge is 2.41. The number of aliphatic carboxylic acids is 1. The Morgan fingerprint density at radius 1 is 1.15 bits per heavy atom. The van der Waals surface area contributed by atoms with Gasteiger partial charge in [0.05, 0.1) is 5.41 Å². The second-order valence-electron chi connectivity index (χ2n) is 6.22. The largest absolute Gasteiger partial charge is 0.481 e. The first-order chi connectivity index (χ1) is 9.46. The van der Waals surface area contributed by atoms with Gasteiger partial charge in [-0.05, 0) is 25.7 Å². The lowest BCUT2D eigenvalue weighted by atomic mass is 9.80. The van der Waals surface area contributed by atoms with Crippen LogP contribution < -0.4 is 11.1 Å². The lowest BCUT2D eigenvalue weighted by molar-refractivity contribution is -0.154. The van der Waals surface area contributed by atoms with Gasteiger partial charge in [-0.15, -0.1) is 0 Å². The van der Waals surface area contributed by atoms with E-state index in [4.69, 9.17) is 10.5 Å². The van der Waals surface area contributed by atoms with Crippen LogP contribution in [-0.2, 0) is 14.3 Å². The van der Waals surface area contributed by atoms with E-state index in [1.165, 1.54) is 0 Å². The molecule has 0 radical (unpaired) electrons. The average Bonchev–Trinajstić information content (AvgIpc) is 2.84. The summed E-state index contributed by atoms with van der Waals surface area (Å²) in [6.45, 7) is 1.03. The van der Waals surface area contributed by atoms with E-state index < -0.39 is 16.9 Å². The van der Waals surface area contributed by atoms with Gasteiger partial charge in [0.2, 0.25) is 5.91 Å². The monoisotopic (exact) mass is 284 g/mol. The molecule has 1 saturated heterocycles. The molecule has 6 nitrogen and oxygen atoms in total. The van der Waals surface area contributed by atoms with E-state index in [-0.39, 0.29) is 12.5 Å². The molecule has 2 fully saturated rings. The van der Waals surface area contributed by atoms with E-state index >= 15 is 0 Å². The molecule has 2 rings (SSSR count). The SMILES string of the molecule is NC1(CC(=O)NCC2(C(=O)O)CCOCC2)CCCC1. The van der Waals surface area contributed by atoms with Gasteiger partial charge in [-0.1, -0.05) is 12.8 Å². The Morgan fingerprint density at radius 2 is 1.75 bits per heavy atom. The quantitative estimate of drug-likeness (QED) is 0.688. The molecule has 0 atom stereocenters. The van der Waals surface area contributed by atoms with Crippen LogP contribution in [0.15, 0.2) is 0 Å². The van der Waals surface area contributed by atoms with Crippen molar-refractivity contribution in [3.05, 3.63) is 0 Å². The lowest BCUT2D eigenvalue weighted by Crippen LogP contribution is -2.48. The Bertz CT molecular complexity index is 371. The maximum Gasteiger partial charge on any atom is 0.311 e. The topological polar surface area (TPSA) is 102 Å². The lowest BCUT2D eigenvalue weighted by Gasteiger charge is -2.33. The molecule has 0 aromatic rings. The molecule has 114 valence electrons. The number of hydrogen-bond acceptors (Lipinski definition) is 4. The summed E-state index contributed by atoms with van der Waals surface area (Å²) in [7, 11) is 0. The van der Waals surface area contributed by atoms with E-state index in [1.807, 2.05) is 0 Å². The van der Waals surface area contributed by atoms with Crippen LogP contribution in [0.2, 0.25) is 0 Å². The van der Waals surface area contributed by atoms with Crippen molar-refractivity contribution in [3.8, 4) is 0 Å². The maximum atomic E-state index is 12.0. The van der Waals surface area contributed by atoms with Crippen LogP contribution in [0.4, 0.5) is 0 Å². The van der Waals surface area contributed by atoms with Crippen molar-refractivity contribution in [2.45, 2.75) is 50.5 Å². The van der Waals surface area contributed by atoms with Gasteiger partial charge >= 0.3 is 5.97 Å². The molecule has 0 bridgehead atoms. The summed E-state index contributed by atoms with van der Waals surface area (Å²) in [5.74, 6) is -0.994. The fraction of sp³-hybridized carbons (Fsp3) is 0.857. The first-order valence-electron chi connectivity index (χ1n) is 7.33. The van der Waals surface area contributed by atoms with Gasteiger partial charge in [0.1, 0.15) is 0 Å². The Kier molecular flexibility index (Phi) is 4.65. The molecular formula is C14H24N2O4. The number of nitrogens with one attached hydrogen (secondary N) is 1. The molecule has 0 aromatic carbocycles. The molecule has 20 heavy (non-hydrogen) atoms. The van der Waals surface area contributed by atoms with Crippen LogP contribution in [0.3, 0.4) is 0 Å². The Hall–Kier alpha value is -1.14. The third-order valence-electron chi connectivity index (χ3n) is 4.64. The van der Waals surface area contributed by atoms with E-state index in [0.717, 1.165) is 25.7 Å². The normalized spacial score (nSPS) is 24.2. The van der Waals surface area contributed by atoms with Crippen molar-refractivity contribution in [2.75, 3.05) is 19.8 Å². The first-order valence-corrected chi connectivity index (χ1v) is 7.33. The van der Waals surface area contributed by atoms with Crippen molar-refractivity contribution < 1.29 is 19.4 Å². The number of rotatable bonds is 5. The summed E-state index contributed by atoms with van der Waals surface area (Å²) in [5.41, 5.74) is 4.89. The Morgan fingerprint density at radius 3 is 2.30 bits per heavy atom. The second kappa shape index (κ2) is 6.10. The van der Waals surface area contributed by atoms with E-state index in [2.05, 4.69) is 5.32 Å². The summed E-state index contributed by atoms with van der Waals surface area (Å²) in [6.07, 6.45) is 5.06. The van der Waals surface area contributed by atoms with Crippen molar-refractivity contribution >= 4 is 11.9 Å². The molecule has 1 heterocycles. The number of ether oxygens (including phenoxy) is 1. The minimum atomic E-state index is -0.884. The summed E-state index contributed by atoms with van der Waals surface area (Å²) >= 11 is 0. The molecule has 0 aromatic heterocycles. The van der Waals surface area contributed by atoms with Crippen LogP contribution >= 0.6 is 0 Å². The molecule has 0 spiro atoms. The molecule has 2 aliphatic rings. The van der Waals surface area contributed by atoms with Gasteiger partial charge in [-0.3, -0.25) is 9.59 Å². The van der Waals surface area contributed by atoms with Crippen LogP contribution in [0.1, 0.15) is 44.9 Å². The van der Waals surface area contributed by atoms with Crippen molar-refractivity contribution in [3.63, 3.8) is 0 Å². The number of nitrogens with two attached hydrogens (primary N) is 1. The number of carboxylic acid groups (broad SMARTS) is 1. The number of carboxylic acids is 1. The van der Waals surface area contributed by atoms with Crippen LogP contribution in [0.5, 0.6) is 0 Å². The molecule has 4 N–H and O–H groups in total. The molecule has 1 aliphatic carbocycles. The zero-order valence-corrected chi connectivity index (χ0v) is 11.8. The van der Waals surface area contributed by atoms with Crippen molar-refractivity contribution in [2.24, 2.45) is 11.1 Å². The highest BCUT2D eigenvalue weighted by molar-refractivity contribution is 5.80. The predicted octanol–water partition coefficient (Wildman–Crippen LogP) is 0.646. The van der Waals surface area contributed by atoms with Crippen LogP contribution in [-0.4, -0.2) is 42.3 Å². The van der Waals surface area contributed by atoms with Gasteiger partial charge in [0.25, 0.3) is 0 Å². The van der Waals surface area contributed by atoms with Crippen molar-refractivity contribution in [1.29, 1.82) is 0 Å². The highest BCUT2D eigenvalue weighted by Crippen LogP contribution is 2.31.